The van der Waals surface area contributed by atoms with Gasteiger partial charge in [0.1, 0.15) is 25.0 Å². The zero-order chi connectivity index (χ0) is 28.6. The Morgan fingerprint density at radius 3 is 2.42 bits per heavy atom. The Balaban J connectivity index is 1.66. The quantitative estimate of drug-likeness (QED) is 0.379. The maximum Gasteiger partial charge on any atom is 0.414 e. The largest absolute Gasteiger partial charge is 0.481 e. The summed E-state index contributed by atoms with van der Waals surface area (Å²) in [5.41, 5.74) is 0.710. The number of carbonyl (C=O) groups excluding carboxylic acids is 5. The third-order valence-corrected chi connectivity index (χ3v) is 6.32. The van der Waals surface area contributed by atoms with Gasteiger partial charge < -0.3 is 30.0 Å². The number of aliphatic carboxylic acids is 1. The number of hydrogen-bond acceptors (Lipinski definition) is 8. The fourth-order valence-corrected chi connectivity index (χ4v) is 4.39. The van der Waals surface area contributed by atoms with Gasteiger partial charge in [-0.2, -0.15) is 0 Å². The lowest BCUT2D eigenvalue weighted by molar-refractivity contribution is -0.138. The van der Waals surface area contributed by atoms with Crippen LogP contribution in [0, 0.1) is 0 Å². The van der Waals surface area contributed by atoms with E-state index in [0.717, 1.165) is 4.90 Å². The molecule has 210 valence electrons. The van der Waals surface area contributed by atoms with Crippen LogP contribution in [0.25, 0.3) is 0 Å². The number of nitrogens with one attached hydrogen (secondary N) is 2. The molecule has 0 bridgehead atoms. The molecule has 4 rings (SSSR count). The highest BCUT2D eigenvalue weighted by atomic mass is 16.6. The zero-order valence-electron chi connectivity index (χ0n) is 21.4. The molecular formula is C27H28N4O9. The van der Waals surface area contributed by atoms with Crippen molar-refractivity contribution in [2.75, 3.05) is 36.1 Å². The number of aldehydes is 1. The highest BCUT2D eigenvalue weighted by Crippen LogP contribution is 2.33. The first-order chi connectivity index (χ1) is 19.3. The second-order valence-corrected chi connectivity index (χ2v) is 9.19. The number of ether oxygens (including phenoxy) is 2. The summed E-state index contributed by atoms with van der Waals surface area (Å²) in [5.74, 6) is -3.38. The SMILES string of the molecule is O=C[C@H](CC(=O)O)NC(=O)CN1C(=O)[C@@H](NC(=O)c2ccccc2)CN(C(=O)OC2CCOC2)c2ccccc21. The van der Waals surface area contributed by atoms with Gasteiger partial charge in [-0.05, 0) is 24.3 Å². The number of hydrogen-bond donors (Lipinski definition) is 3. The van der Waals surface area contributed by atoms with Crippen LogP contribution in [0.1, 0.15) is 23.2 Å². The van der Waals surface area contributed by atoms with Gasteiger partial charge in [-0.3, -0.25) is 29.0 Å². The van der Waals surface area contributed by atoms with Crippen LogP contribution in [0.2, 0.25) is 0 Å². The molecule has 2 aliphatic rings. The minimum absolute atomic E-state index is 0.180. The molecule has 2 aromatic carbocycles. The van der Waals surface area contributed by atoms with Gasteiger partial charge >= 0.3 is 12.1 Å². The number of para-hydroxylation sites is 2. The molecule has 0 radical (unpaired) electrons. The molecule has 1 unspecified atom stereocenters. The van der Waals surface area contributed by atoms with Crippen molar-refractivity contribution in [1.29, 1.82) is 0 Å². The van der Waals surface area contributed by atoms with Crippen molar-refractivity contribution in [3.8, 4) is 0 Å². The molecule has 0 aromatic heterocycles. The van der Waals surface area contributed by atoms with Crippen LogP contribution in [0.15, 0.2) is 54.6 Å². The van der Waals surface area contributed by atoms with Crippen LogP contribution in [-0.4, -0.2) is 85.7 Å². The Labute approximate surface area is 229 Å². The molecule has 0 saturated carbocycles. The number of carboxylic acid groups (broad SMARTS) is 1. The zero-order valence-corrected chi connectivity index (χ0v) is 21.4. The fraction of sp³-hybridized carbons (Fsp3) is 0.333. The van der Waals surface area contributed by atoms with Gasteiger partial charge in [0.2, 0.25) is 5.91 Å². The van der Waals surface area contributed by atoms with Crippen molar-refractivity contribution >= 4 is 47.4 Å². The summed E-state index contributed by atoms with van der Waals surface area (Å²) in [5, 5.41) is 13.9. The number of rotatable bonds is 9. The van der Waals surface area contributed by atoms with Crippen molar-refractivity contribution in [2.24, 2.45) is 0 Å². The Morgan fingerprint density at radius 2 is 1.77 bits per heavy atom. The summed E-state index contributed by atoms with van der Waals surface area (Å²) < 4.78 is 10.9. The van der Waals surface area contributed by atoms with E-state index in [1.807, 2.05) is 0 Å². The average Bonchev–Trinajstić information content (AvgIpc) is 3.42. The van der Waals surface area contributed by atoms with Crippen molar-refractivity contribution < 1.29 is 43.3 Å². The monoisotopic (exact) mass is 552 g/mol. The van der Waals surface area contributed by atoms with Crippen LogP contribution in [0.3, 0.4) is 0 Å². The lowest BCUT2D eigenvalue weighted by Crippen LogP contribution is -2.55. The van der Waals surface area contributed by atoms with Gasteiger partial charge in [-0.15, -0.1) is 0 Å². The van der Waals surface area contributed by atoms with Crippen LogP contribution >= 0.6 is 0 Å². The topological polar surface area (TPSA) is 172 Å². The molecule has 2 heterocycles. The molecule has 13 nitrogen and oxygen atoms in total. The standard InChI is InChI=1S/C27H28N4O9/c32-15-18(12-24(34)35)28-23(33)14-30-21-8-4-5-9-22(21)31(27(38)40-19-10-11-39-16-19)13-20(26(30)37)29-25(36)17-6-2-1-3-7-17/h1-9,15,18-20H,10-14,16H2,(H,28,33)(H,29,36)(H,34,35)/t18-,19?,20-/m0/s1. The molecule has 4 amide bonds. The van der Waals surface area contributed by atoms with E-state index in [1.165, 1.54) is 11.0 Å². The number of nitrogens with zero attached hydrogens (tertiary/aromatic N) is 2. The first kappa shape index (κ1) is 28.2. The molecule has 0 spiro atoms. The van der Waals surface area contributed by atoms with Gasteiger partial charge in [-0.25, -0.2) is 4.79 Å². The van der Waals surface area contributed by atoms with E-state index in [1.54, 1.807) is 48.5 Å². The molecule has 2 aromatic rings. The van der Waals surface area contributed by atoms with E-state index in [9.17, 15) is 28.8 Å². The highest BCUT2D eigenvalue weighted by molar-refractivity contribution is 6.10. The molecule has 2 aliphatic heterocycles. The lowest BCUT2D eigenvalue weighted by Gasteiger charge is -2.25. The lowest BCUT2D eigenvalue weighted by atomic mass is 10.1. The fourth-order valence-electron chi connectivity index (χ4n) is 4.39. The maximum absolute atomic E-state index is 13.8. The van der Waals surface area contributed by atoms with Crippen LogP contribution in [0.5, 0.6) is 0 Å². The van der Waals surface area contributed by atoms with E-state index >= 15 is 0 Å². The normalized spacial score (nSPS) is 19.1. The van der Waals surface area contributed by atoms with Crippen LogP contribution in [0.4, 0.5) is 16.2 Å². The summed E-state index contributed by atoms with van der Waals surface area (Å²) in [7, 11) is 0. The second-order valence-electron chi connectivity index (χ2n) is 9.19. The van der Waals surface area contributed by atoms with Crippen LogP contribution < -0.4 is 20.4 Å². The Morgan fingerprint density at radius 1 is 1.07 bits per heavy atom. The van der Waals surface area contributed by atoms with Gasteiger partial charge in [0.05, 0.1) is 43.6 Å². The predicted octanol–water partition coefficient (Wildman–Crippen LogP) is 0.722. The maximum atomic E-state index is 13.8. The smallest absolute Gasteiger partial charge is 0.414 e. The summed E-state index contributed by atoms with van der Waals surface area (Å²) >= 11 is 0. The summed E-state index contributed by atoms with van der Waals surface area (Å²) in [4.78, 5) is 77.6. The Kier molecular flexibility index (Phi) is 9.07. The van der Waals surface area contributed by atoms with E-state index in [-0.39, 0.29) is 36.4 Å². The first-order valence-electron chi connectivity index (χ1n) is 12.6. The average molecular weight is 553 g/mol. The van der Waals surface area contributed by atoms with E-state index < -0.39 is 60.9 Å². The Hall–Kier alpha value is -4.78. The van der Waals surface area contributed by atoms with Crippen molar-refractivity contribution in [3.63, 3.8) is 0 Å². The Bertz CT molecular complexity index is 1280. The van der Waals surface area contributed by atoms with Gasteiger partial charge in [-0.1, -0.05) is 30.3 Å². The number of fused-ring (bicyclic) bond motifs is 1. The molecule has 0 aliphatic carbocycles. The van der Waals surface area contributed by atoms with Crippen molar-refractivity contribution in [3.05, 3.63) is 60.2 Å². The third kappa shape index (κ3) is 6.80. The van der Waals surface area contributed by atoms with Gasteiger partial charge in [0.25, 0.3) is 11.8 Å². The molecule has 1 saturated heterocycles. The summed E-state index contributed by atoms with van der Waals surface area (Å²) in [6.07, 6.45) is -1.08. The highest BCUT2D eigenvalue weighted by Gasteiger charge is 2.39. The summed E-state index contributed by atoms with van der Waals surface area (Å²) in [6.45, 7) is -0.240. The van der Waals surface area contributed by atoms with Gasteiger partial charge in [0.15, 0.2) is 0 Å². The second kappa shape index (κ2) is 12.8. The number of carboxylic acids is 1. The molecule has 13 heteroatoms. The van der Waals surface area contributed by atoms with Crippen molar-refractivity contribution in [1.82, 2.24) is 10.6 Å². The molecule has 3 atom stereocenters. The molecule has 1 fully saturated rings. The number of anilines is 2. The molecule has 40 heavy (non-hydrogen) atoms. The van der Waals surface area contributed by atoms with E-state index in [4.69, 9.17) is 14.6 Å². The minimum atomic E-state index is -1.31. The van der Waals surface area contributed by atoms with E-state index in [2.05, 4.69) is 10.6 Å². The van der Waals surface area contributed by atoms with Crippen LogP contribution in [-0.2, 0) is 28.7 Å². The minimum Gasteiger partial charge on any atom is -0.481 e. The molecule has 3 N–H and O–H groups in total. The van der Waals surface area contributed by atoms with E-state index in [0.29, 0.717) is 13.0 Å². The number of carbonyl (C=O) groups is 6. The number of benzene rings is 2. The first-order valence-corrected chi connectivity index (χ1v) is 12.6. The van der Waals surface area contributed by atoms with Crippen molar-refractivity contribution in [2.45, 2.75) is 31.0 Å². The van der Waals surface area contributed by atoms with Gasteiger partial charge in [0, 0.05) is 12.0 Å². The number of amides is 4. The predicted molar refractivity (Wildman–Crippen MR) is 140 cm³/mol. The molecular weight excluding hydrogens is 524 g/mol. The third-order valence-electron chi connectivity index (χ3n) is 6.32. The summed E-state index contributed by atoms with van der Waals surface area (Å²) in [6, 6.07) is 11.9.